The number of ketones is 1. The lowest BCUT2D eigenvalue weighted by molar-refractivity contribution is -0.0173. The number of fused-ring (bicyclic) bond motifs is 2. The number of nitrogens with zero attached hydrogens (tertiary/aromatic N) is 2. The molecule has 7 nitrogen and oxygen atoms in total. The Morgan fingerprint density at radius 1 is 1.09 bits per heavy atom. The number of benzene rings is 3. The van der Waals surface area contributed by atoms with Gasteiger partial charge in [0.15, 0.2) is 18.3 Å². The molecule has 0 fully saturated rings. The fraction of sp³-hybridized carbons (Fsp3) is 0.125. The van der Waals surface area contributed by atoms with Gasteiger partial charge in [-0.15, -0.1) is 4.91 Å². The van der Waals surface area contributed by atoms with Crippen molar-refractivity contribution in [1.29, 1.82) is 0 Å². The van der Waals surface area contributed by atoms with E-state index in [-0.39, 0.29) is 37.3 Å². The number of rotatable bonds is 5. The summed E-state index contributed by atoms with van der Waals surface area (Å²) in [4.78, 5) is 24.4. The predicted molar refractivity (Wildman–Crippen MR) is 115 cm³/mol. The average molecular weight is 432 g/mol. The highest BCUT2D eigenvalue weighted by molar-refractivity contribution is 6.11. The van der Waals surface area contributed by atoms with Crippen LogP contribution in [0, 0.1) is 10.7 Å². The van der Waals surface area contributed by atoms with E-state index < -0.39 is 5.82 Å². The third-order valence-corrected chi connectivity index (χ3v) is 5.48. The van der Waals surface area contributed by atoms with Gasteiger partial charge in [0.25, 0.3) is 0 Å². The van der Waals surface area contributed by atoms with Crippen LogP contribution in [0.15, 0.2) is 65.8 Å². The van der Waals surface area contributed by atoms with E-state index in [4.69, 9.17) is 9.47 Å². The normalized spacial score (nSPS) is 12.9. The second kappa shape index (κ2) is 7.90. The Labute approximate surface area is 181 Å². The molecule has 5 rings (SSSR count). The fourth-order valence-corrected chi connectivity index (χ4v) is 4.02. The highest BCUT2D eigenvalue weighted by Crippen LogP contribution is 2.41. The van der Waals surface area contributed by atoms with Crippen LogP contribution < -0.4 is 4.74 Å². The van der Waals surface area contributed by atoms with Crippen LogP contribution in [-0.4, -0.2) is 22.2 Å². The zero-order valence-electron chi connectivity index (χ0n) is 16.7. The van der Waals surface area contributed by atoms with E-state index in [1.165, 1.54) is 22.8 Å². The van der Waals surface area contributed by atoms with Crippen LogP contribution in [0.4, 0.5) is 10.1 Å². The molecule has 0 atom stereocenters. The van der Waals surface area contributed by atoms with E-state index >= 15 is 0 Å². The van der Waals surface area contributed by atoms with Crippen LogP contribution in [0.5, 0.6) is 11.6 Å². The van der Waals surface area contributed by atoms with Gasteiger partial charge in [-0.05, 0) is 35.5 Å². The second-order valence-electron chi connectivity index (χ2n) is 7.44. The summed E-state index contributed by atoms with van der Waals surface area (Å²) in [5.41, 5.74) is 2.20. The number of ether oxygens (including phenoxy) is 2. The molecular formula is C24H17FN2O5. The van der Waals surface area contributed by atoms with Gasteiger partial charge >= 0.3 is 0 Å². The summed E-state index contributed by atoms with van der Waals surface area (Å²) in [7, 11) is 0. The molecule has 0 amide bonds. The minimum Gasteiger partial charge on any atom is -0.493 e. The molecule has 2 heterocycles. The number of aromatic nitrogens is 1. The number of nitroso groups, excluding NO2 is 1. The predicted octanol–water partition coefficient (Wildman–Crippen LogP) is 5.03. The van der Waals surface area contributed by atoms with Gasteiger partial charge < -0.3 is 19.1 Å². The molecule has 0 spiro atoms. The van der Waals surface area contributed by atoms with Crippen molar-refractivity contribution >= 4 is 22.4 Å². The molecular weight excluding hydrogens is 415 g/mol. The molecule has 1 aliphatic rings. The monoisotopic (exact) mass is 432 g/mol. The third kappa shape index (κ3) is 3.30. The first-order valence-electron chi connectivity index (χ1n) is 9.87. The first-order chi connectivity index (χ1) is 15.6. The molecule has 1 N–H and O–H groups in total. The molecule has 1 aliphatic heterocycles. The molecule has 0 unspecified atom stereocenters. The van der Waals surface area contributed by atoms with Crippen molar-refractivity contribution in [2.24, 2.45) is 5.18 Å². The summed E-state index contributed by atoms with van der Waals surface area (Å²) in [5, 5.41) is 14.0. The summed E-state index contributed by atoms with van der Waals surface area (Å²) in [5.74, 6) is -0.572. The standard InChI is InChI=1S/C24H17FN2O5/c25-18-8-16(23-17(9-18)12-31-13-32-23)11-27-20-7-6-15(10-19(20)21(26-30)24(27)29)22(28)14-4-2-1-3-5-14/h1-10,29H,11-13H2. The highest BCUT2D eigenvalue weighted by Gasteiger charge is 2.23. The topological polar surface area (TPSA) is 90.1 Å². The molecule has 0 aliphatic carbocycles. The van der Waals surface area contributed by atoms with E-state index in [1.54, 1.807) is 36.4 Å². The summed E-state index contributed by atoms with van der Waals surface area (Å²) < 4.78 is 26.4. The quantitative estimate of drug-likeness (QED) is 0.353. The average Bonchev–Trinajstić information content (AvgIpc) is 3.08. The summed E-state index contributed by atoms with van der Waals surface area (Å²) >= 11 is 0. The van der Waals surface area contributed by atoms with Crippen molar-refractivity contribution in [2.75, 3.05) is 6.79 Å². The molecule has 8 heteroatoms. The van der Waals surface area contributed by atoms with Gasteiger partial charge in [0.1, 0.15) is 11.6 Å². The SMILES string of the molecule is O=Nc1c(O)n(Cc2cc(F)cc3c2OCOC3)c2ccc(C(=O)c3ccccc3)cc12. The Hall–Kier alpha value is -4.04. The van der Waals surface area contributed by atoms with Crippen LogP contribution in [0.2, 0.25) is 0 Å². The maximum absolute atomic E-state index is 14.2. The molecule has 3 aromatic carbocycles. The van der Waals surface area contributed by atoms with E-state index in [0.29, 0.717) is 38.9 Å². The number of carbonyl (C=O) groups is 1. The minimum atomic E-state index is -0.465. The number of hydrogen-bond donors (Lipinski definition) is 1. The van der Waals surface area contributed by atoms with Gasteiger partial charge in [-0.3, -0.25) is 4.79 Å². The van der Waals surface area contributed by atoms with Gasteiger partial charge in [0.2, 0.25) is 5.88 Å². The maximum atomic E-state index is 14.2. The minimum absolute atomic E-state index is 0.0317. The zero-order valence-corrected chi connectivity index (χ0v) is 16.7. The van der Waals surface area contributed by atoms with Crippen LogP contribution in [0.3, 0.4) is 0 Å². The van der Waals surface area contributed by atoms with Crippen molar-refractivity contribution < 1.29 is 23.8 Å². The molecule has 32 heavy (non-hydrogen) atoms. The highest BCUT2D eigenvalue weighted by atomic mass is 19.1. The van der Waals surface area contributed by atoms with Crippen molar-refractivity contribution in [3.8, 4) is 11.6 Å². The Balaban J connectivity index is 1.61. The zero-order chi connectivity index (χ0) is 22.2. The smallest absolute Gasteiger partial charge is 0.222 e. The largest absolute Gasteiger partial charge is 0.493 e. The summed E-state index contributed by atoms with van der Waals surface area (Å²) in [6, 6.07) is 16.2. The Morgan fingerprint density at radius 2 is 1.91 bits per heavy atom. The Bertz CT molecular complexity index is 1360. The van der Waals surface area contributed by atoms with Gasteiger partial charge in [0, 0.05) is 27.6 Å². The van der Waals surface area contributed by atoms with Crippen LogP contribution in [0.1, 0.15) is 27.0 Å². The lowest BCUT2D eigenvalue weighted by Gasteiger charge is -2.21. The lowest BCUT2D eigenvalue weighted by Crippen LogP contribution is -2.14. The summed E-state index contributed by atoms with van der Waals surface area (Å²) in [6.07, 6.45) is 0. The lowest BCUT2D eigenvalue weighted by atomic mass is 10.0. The molecule has 0 saturated carbocycles. The Morgan fingerprint density at radius 3 is 2.69 bits per heavy atom. The van der Waals surface area contributed by atoms with E-state index in [1.807, 2.05) is 6.07 Å². The Kier molecular flexibility index (Phi) is 4.91. The van der Waals surface area contributed by atoms with Crippen LogP contribution in [-0.2, 0) is 17.9 Å². The number of aromatic hydroxyl groups is 1. The first kappa shape index (κ1) is 19.9. The molecule has 0 bridgehead atoms. The number of hydrogen-bond acceptors (Lipinski definition) is 6. The van der Waals surface area contributed by atoms with Crippen molar-refractivity contribution in [3.05, 3.63) is 93.6 Å². The van der Waals surface area contributed by atoms with Crippen LogP contribution in [0.25, 0.3) is 10.9 Å². The first-order valence-corrected chi connectivity index (χ1v) is 9.87. The van der Waals surface area contributed by atoms with E-state index in [2.05, 4.69) is 5.18 Å². The maximum Gasteiger partial charge on any atom is 0.222 e. The molecule has 0 radical (unpaired) electrons. The van der Waals surface area contributed by atoms with E-state index in [0.717, 1.165) is 0 Å². The molecule has 0 saturated heterocycles. The molecule has 1 aromatic heterocycles. The van der Waals surface area contributed by atoms with Gasteiger partial charge in [-0.2, -0.15) is 0 Å². The van der Waals surface area contributed by atoms with Gasteiger partial charge in [-0.25, -0.2) is 4.39 Å². The molecule has 160 valence electrons. The number of carbonyl (C=O) groups excluding carboxylic acids is 1. The van der Waals surface area contributed by atoms with Gasteiger partial charge in [0.05, 0.1) is 18.7 Å². The van der Waals surface area contributed by atoms with Gasteiger partial charge in [-0.1, -0.05) is 30.3 Å². The second-order valence-corrected chi connectivity index (χ2v) is 7.44. The molecule has 4 aromatic rings. The van der Waals surface area contributed by atoms with Crippen LogP contribution >= 0.6 is 0 Å². The van der Waals surface area contributed by atoms with Crippen molar-refractivity contribution in [1.82, 2.24) is 4.57 Å². The van der Waals surface area contributed by atoms with E-state index in [9.17, 15) is 19.2 Å². The van der Waals surface area contributed by atoms with Crippen molar-refractivity contribution in [2.45, 2.75) is 13.2 Å². The third-order valence-electron chi connectivity index (χ3n) is 5.48. The fourth-order valence-electron chi connectivity index (χ4n) is 4.02. The van der Waals surface area contributed by atoms with Crippen molar-refractivity contribution in [3.63, 3.8) is 0 Å². The summed E-state index contributed by atoms with van der Waals surface area (Å²) in [6.45, 7) is 0.282. The number of halogens is 1.